The summed E-state index contributed by atoms with van der Waals surface area (Å²) in [5, 5.41) is 13.6. The highest BCUT2D eigenvalue weighted by Gasteiger charge is 1.74. The molecule has 0 amide bonds. The first kappa shape index (κ1) is 8.28. The van der Waals surface area contributed by atoms with Crippen LogP contribution in [0, 0.1) is 10.1 Å². The molecule has 1 aliphatic rings. The third-order valence-corrected chi connectivity index (χ3v) is 0.425. The molecule has 0 bridgehead atoms. The van der Waals surface area contributed by atoms with Crippen molar-refractivity contribution >= 4 is 0 Å². The van der Waals surface area contributed by atoms with Crippen molar-refractivity contribution in [2.24, 2.45) is 0 Å². The van der Waals surface area contributed by atoms with Crippen LogP contribution in [0.1, 0.15) is 0 Å². The Hall–Kier alpha value is -1.72. The van der Waals surface area contributed by atoms with Gasteiger partial charge in [-0.3, -0.25) is 0 Å². The maximum Gasteiger partial charge on any atom is 0.291 e. The van der Waals surface area contributed by atoms with Crippen molar-refractivity contribution in [2.45, 2.75) is 0 Å². The third-order valence-electron chi connectivity index (χ3n) is 0.425. The summed E-state index contributed by atoms with van der Waals surface area (Å²) < 4.78 is 9.17. The predicted octanol–water partition coefficient (Wildman–Crippen LogP) is 0.628. The quantitative estimate of drug-likeness (QED) is 0.401. The van der Waals surface area contributed by atoms with Crippen LogP contribution < -0.4 is 0 Å². The summed E-state index contributed by atoms with van der Waals surface area (Å²) >= 11 is 0. The molecule has 0 atom stereocenters. The van der Waals surface area contributed by atoms with Crippen LogP contribution in [0.4, 0.5) is 0 Å². The van der Waals surface area contributed by atoms with Crippen LogP contribution in [-0.4, -0.2) is 10.3 Å². The molecular formula is C4H5NO5. The van der Waals surface area contributed by atoms with Crippen molar-refractivity contribution in [3.05, 3.63) is 35.2 Å². The Morgan fingerprint density at radius 1 is 1.20 bits per heavy atom. The number of hydrogen-bond donors (Lipinski definition) is 1. The minimum atomic E-state index is -1.50. The van der Waals surface area contributed by atoms with E-state index in [-0.39, 0.29) is 0 Å². The van der Waals surface area contributed by atoms with Gasteiger partial charge < -0.3 is 14.7 Å². The summed E-state index contributed by atoms with van der Waals surface area (Å²) in [5.74, 6) is 0. The number of ether oxygens (including phenoxy) is 2. The van der Waals surface area contributed by atoms with E-state index in [1.165, 1.54) is 25.0 Å². The molecule has 56 valence electrons. The van der Waals surface area contributed by atoms with Crippen LogP contribution >= 0.6 is 0 Å². The second kappa shape index (κ2) is 5.42. The fraction of sp³-hybridized carbons (Fsp3) is 0. The molecule has 1 heterocycles. The molecule has 0 fully saturated rings. The first-order valence-electron chi connectivity index (χ1n) is 2.17. The molecule has 0 aliphatic carbocycles. The molecular weight excluding hydrogens is 142 g/mol. The summed E-state index contributed by atoms with van der Waals surface area (Å²) in [6.45, 7) is 0. The van der Waals surface area contributed by atoms with Crippen LogP contribution in [0.15, 0.2) is 25.0 Å². The fourth-order valence-corrected chi connectivity index (χ4v) is 0.219. The third kappa shape index (κ3) is 9.56. The van der Waals surface area contributed by atoms with E-state index in [4.69, 9.17) is 15.3 Å². The molecule has 0 saturated carbocycles. The lowest BCUT2D eigenvalue weighted by Crippen LogP contribution is -1.81. The lowest BCUT2D eigenvalue weighted by molar-refractivity contribution is -0.742. The standard InChI is InChI=1S/C4H4O2.HNO3/c1-2-6-4-3-5-1;2-1(3)4/h1-4H;(H,2,3,4). The van der Waals surface area contributed by atoms with Gasteiger partial charge in [0.15, 0.2) is 0 Å². The van der Waals surface area contributed by atoms with Gasteiger partial charge in [0.1, 0.15) is 25.0 Å². The van der Waals surface area contributed by atoms with Gasteiger partial charge in [-0.25, -0.2) is 0 Å². The van der Waals surface area contributed by atoms with Crippen LogP contribution in [0.2, 0.25) is 0 Å². The largest absolute Gasteiger partial charge is 0.466 e. The Balaban J connectivity index is 0.000000180. The molecule has 0 aromatic rings. The van der Waals surface area contributed by atoms with E-state index in [0.717, 1.165) is 0 Å². The molecule has 0 aromatic carbocycles. The van der Waals surface area contributed by atoms with E-state index < -0.39 is 5.09 Å². The van der Waals surface area contributed by atoms with Crippen LogP contribution in [0.25, 0.3) is 0 Å². The van der Waals surface area contributed by atoms with E-state index in [9.17, 15) is 0 Å². The lowest BCUT2D eigenvalue weighted by Gasteiger charge is -1.94. The Morgan fingerprint density at radius 2 is 1.40 bits per heavy atom. The lowest BCUT2D eigenvalue weighted by atomic mass is 10.9. The molecule has 1 aliphatic heterocycles. The Bertz CT molecular complexity index is 128. The van der Waals surface area contributed by atoms with Crippen molar-refractivity contribution in [3.63, 3.8) is 0 Å². The van der Waals surface area contributed by atoms with Gasteiger partial charge in [-0.2, -0.15) is 0 Å². The second-order valence-electron chi connectivity index (χ2n) is 1.05. The second-order valence-corrected chi connectivity index (χ2v) is 1.05. The smallest absolute Gasteiger partial charge is 0.291 e. The Labute approximate surface area is 56.1 Å². The topological polar surface area (TPSA) is 81.8 Å². The summed E-state index contributed by atoms with van der Waals surface area (Å²) in [5.41, 5.74) is 0. The average Bonchev–Trinajstić information content (AvgIpc) is 1.90. The molecule has 0 unspecified atom stereocenters. The normalized spacial score (nSPS) is 12.0. The SMILES string of the molecule is C1=COC=CO1.O=[N+]([O-])O. The molecule has 0 spiro atoms. The van der Waals surface area contributed by atoms with E-state index in [1.54, 1.807) is 0 Å². The number of rotatable bonds is 0. The average molecular weight is 147 g/mol. The van der Waals surface area contributed by atoms with Gasteiger partial charge in [-0.1, -0.05) is 0 Å². The molecule has 0 radical (unpaired) electrons. The van der Waals surface area contributed by atoms with Gasteiger partial charge in [-0.15, -0.1) is 10.1 Å². The van der Waals surface area contributed by atoms with E-state index in [1.807, 2.05) is 0 Å². The molecule has 6 heteroatoms. The molecule has 6 nitrogen and oxygen atoms in total. The zero-order chi connectivity index (χ0) is 7.82. The monoisotopic (exact) mass is 147 g/mol. The Kier molecular flexibility index (Phi) is 4.49. The highest BCUT2D eigenvalue weighted by atomic mass is 16.9. The first-order valence-corrected chi connectivity index (χ1v) is 2.17. The molecule has 1 N–H and O–H groups in total. The highest BCUT2D eigenvalue weighted by molar-refractivity contribution is 4.77. The van der Waals surface area contributed by atoms with E-state index in [2.05, 4.69) is 9.47 Å². The van der Waals surface area contributed by atoms with Gasteiger partial charge in [0.25, 0.3) is 5.09 Å². The number of hydrogen-bond acceptors (Lipinski definition) is 4. The van der Waals surface area contributed by atoms with Crippen molar-refractivity contribution in [2.75, 3.05) is 0 Å². The van der Waals surface area contributed by atoms with Gasteiger partial charge in [0, 0.05) is 0 Å². The Morgan fingerprint density at radius 3 is 1.50 bits per heavy atom. The van der Waals surface area contributed by atoms with Crippen molar-refractivity contribution in [1.29, 1.82) is 0 Å². The van der Waals surface area contributed by atoms with E-state index in [0.29, 0.717) is 0 Å². The van der Waals surface area contributed by atoms with Crippen LogP contribution in [-0.2, 0) is 9.47 Å². The minimum Gasteiger partial charge on any atom is -0.466 e. The first-order chi connectivity index (χ1) is 4.73. The molecule has 1 rings (SSSR count). The summed E-state index contributed by atoms with van der Waals surface area (Å²) in [7, 11) is 0. The minimum absolute atomic E-state index is 1.46. The zero-order valence-electron chi connectivity index (χ0n) is 4.84. The van der Waals surface area contributed by atoms with Crippen molar-refractivity contribution in [1.82, 2.24) is 0 Å². The maximum absolute atomic E-state index is 8.36. The molecule has 10 heavy (non-hydrogen) atoms. The van der Waals surface area contributed by atoms with Crippen molar-refractivity contribution < 1.29 is 19.8 Å². The van der Waals surface area contributed by atoms with Crippen molar-refractivity contribution in [3.8, 4) is 0 Å². The summed E-state index contributed by atoms with van der Waals surface area (Å²) in [6.07, 6.45) is 5.83. The highest BCUT2D eigenvalue weighted by Crippen LogP contribution is 1.89. The van der Waals surface area contributed by atoms with E-state index >= 15 is 0 Å². The van der Waals surface area contributed by atoms with Crippen LogP contribution in [0.5, 0.6) is 0 Å². The fourth-order valence-electron chi connectivity index (χ4n) is 0.219. The van der Waals surface area contributed by atoms with Gasteiger partial charge in [0.2, 0.25) is 0 Å². The van der Waals surface area contributed by atoms with Crippen LogP contribution in [0.3, 0.4) is 0 Å². The van der Waals surface area contributed by atoms with Gasteiger partial charge in [-0.05, 0) is 0 Å². The molecule has 0 aromatic heterocycles. The maximum atomic E-state index is 8.36. The molecule has 0 saturated heterocycles. The van der Waals surface area contributed by atoms with Gasteiger partial charge in [0.05, 0.1) is 0 Å². The predicted molar refractivity (Wildman–Crippen MR) is 29.2 cm³/mol. The number of nitrogens with zero attached hydrogens (tertiary/aromatic N) is 1. The van der Waals surface area contributed by atoms with Gasteiger partial charge >= 0.3 is 0 Å². The summed E-state index contributed by atoms with van der Waals surface area (Å²) in [4.78, 5) is 8.36. The zero-order valence-corrected chi connectivity index (χ0v) is 4.84. The summed E-state index contributed by atoms with van der Waals surface area (Å²) in [6, 6.07) is 0.